The molecule has 3 heterocycles. The molecule has 0 fully saturated rings. The molecule has 3 aromatic heterocycles. The Balaban J connectivity index is 1.17. The molecule has 54 heavy (non-hydrogen) atoms. The molecule has 0 radical (unpaired) electrons. The fourth-order valence-corrected chi connectivity index (χ4v) is 10.5. The Labute approximate surface area is 316 Å². The van der Waals surface area contributed by atoms with E-state index in [0.717, 1.165) is 33.1 Å². The first kappa shape index (κ1) is 30.0. The monoisotopic (exact) mass is 707 g/mol. The average Bonchev–Trinajstić information content (AvgIpc) is 3.95. The van der Waals surface area contributed by atoms with E-state index in [1.165, 1.54) is 75.8 Å². The van der Waals surface area contributed by atoms with Gasteiger partial charge in [-0.05, 0) is 76.2 Å². The van der Waals surface area contributed by atoms with E-state index in [1.54, 1.807) is 11.3 Å². The van der Waals surface area contributed by atoms with Gasteiger partial charge in [0.05, 0.1) is 32.5 Å². The lowest BCUT2D eigenvalue weighted by Gasteiger charge is -2.29. The van der Waals surface area contributed by atoms with Crippen LogP contribution < -0.4 is 4.90 Å². The Morgan fingerprint density at radius 3 is 2.17 bits per heavy atom. The Hall–Kier alpha value is -6.49. The van der Waals surface area contributed by atoms with E-state index in [0.29, 0.717) is 0 Å². The summed E-state index contributed by atoms with van der Waals surface area (Å²) in [4.78, 5) is 7.75. The van der Waals surface area contributed by atoms with E-state index in [9.17, 15) is 0 Å². The molecule has 0 aliphatic heterocycles. The molecule has 1 aliphatic rings. The summed E-state index contributed by atoms with van der Waals surface area (Å²) in [6.45, 7) is 4.73. The third kappa shape index (κ3) is 3.98. The van der Waals surface area contributed by atoms with E-state index >= 15 is 0 Å². The van der Waals surface area contributed by atoms with Crippen molar-refractivity contribution in [1.82, 2.24) is 9.38 Å². The van der Waals surface area contributed by atoms with Crippen molar-refractivity contribution >= 4 is 87.5 Å². The Morgan fingerprint density at radius 2 is 1.26 bits per heavy atom. The average molecular weight is 708 g/mol. The van der Waals surface area contributed by atoms with Crippen LogP contribution in [0.25, 0.3) is 80.8 Å². The molecule has 0 bridgehead atoms. The summed E-state index contributed by atoms with van der Waals surface area (Å²) >= 11 is 1.80. The van der Waals surface area contributed by atoms with Crippen molar-refractivity contribution < 1.29 is 0 Å². The number of aromatic nitrogens is 2. The van der Waals surface area contributed by atoms with Gasteiger partial charge in [0.2, 0.25) is 0 Å². The van der Waals surface area contributed by atoms with Gasteiger partial charge in [-0.15, -0.1) is 11.3 Å². The van der Waals surface area contributed by atoms with Gasteiger partial charge in [-0.25, -0.2) is 4.98 Å². The predicted octanol–water partition coefficient (Wildman–Crippen LogP) is 14.0. The zero-order chi connectivity index (χ0) is 35.7. The van der Waals surface area contributed by atoms with Gasteiger partial charge in [0.25, 0.3) is 0 Å². The SMILES string of the molecule is CC1(C)c2ccccc2-c2ccc(N(c3ccc4c(c3)c3c5sc(-c6ccccc6)nc5cc5c6ccccc6n4c53)c3cccc4ccccc34)cc21. The molecule has 4 heteroatoms. The predicted molar refractivity (Wildman–Crippen MR) is 229 cm³/mol. The summed E-state index contributed by atoms with van der Waals surface area (Å²) in [5.74, 6) is 0. The Kier molecular flexibility index (Phi) is 6.00. The number of para-hydroxylation sites is 1. The molecule has 0 atom stereocenters. The molecule has 3 nitrogen and oxygen atoms in total. The highest BCUT2D eigenvalue weighted by Gasteiger charge is 2.36. The van der Waals surface area contributed by atoms with Crippen LogP contribution in [0.1, 0.15) is 25.0 Å². The first-order chi connectivity index (χ1) is 26.5. The molecule has 0 spiro atoms. The zero-order valence-corrected chi connectivity index (χ0v) is 30.7. The molecule has 0 amide bonds. The van der Waals surface area contributed by atoms with E-state index < -0.39 is 0 Å². The van der Waals surface area contributed by atoms with Gasteiger partial charge in [-0.3, -0.25) is 0 Å². The number of nitrogens with zero attached hydrogens (tertiary/aromatic N) is 3. The zero-order valence-electron chi connectivity index (χ0n) is 29.8. The summed E-state index contributed by atoms with van der Waals surface area (Å²) in [5.41, 5.74) is 14.7. The topological polar surface area (TPSA) is 20.5 Å². The molecule has 254 valence electrons. The van der Waals surface area contributed by atoms with Crippen molar-refractivity contribution in [3.8, 4) is 21.7 Å². The second-order valence-corrected chi connectivity index (χ2v) is 16.2. The molecule has 0 unspecified atom stereocenters. The highest BCUT2D eigenvalue weighted by atomic mass is 32.1. The first-order valence-electron chi connectivity index (χ1n) is 18.6. The van der Waals surface area contributed by atoms with Crippen LogP contribution in [0.15, 0.2) is 164 Å². The van der Waals surface area contributed by atoms with E-state index in [2.05, 4.69) is 187 Å². The van der Waals surface area contributed by atoms with Crippen molar-refractivity contribution in [2.24, 2.45) is 0 Å². The maximum absolute atomic E-state index is 5.27. The lowest BCUT2D eigenvalue weighted by atomic mass is 9.82. The van der Waals surface area contributed by atoms with Crippen LogP contribution in [0.4, 0.5) is 17.1 Å². The number of fused-ring (bicyclic) bond motifs is 12. The number of anilines is 3. The van der Waals surface area contributed by atoms with Gasteiger partial charge in [-0.2, -0.15) is 0 Å². The summed E-state index contributed by atoms with van der Waals surface area (Å²) in [6, 6.07) is 60.2. The lowest BCUT2D eigenvalue weighted by molar-refractivity contribution is 0.660. The maximum atomic E-state index is 5.27. The number of benzene rings is 8. The van der Waals surface area contributed by atoms with Gasteiger partial charge < -0.3 is 9.30 Å². The standard InChI is InChI=1S/C50H33N3S/c1-50(2)40-20-10-8-18-35(40)36-25-23-33(28-41(36)50)52(43-22-12-16-30-13-6-7-17-34(30)43)32-24-26-45-39(27-32)46-47-38(37-19-9-11-21-44(37)53(45)47)29-42-48(46)54-49(51-42)31-14-4-3-5-15-31/h3-29H,1-2H3. The highest BCUT2D eigenvalue weighted by molar-refractivity contribution is 7.22. The van der Waals surface area contributed by atoms with Crippen LogP contribution >= 0.6 is 11.3 Å². The van der Waals surface area contributed by atoms with Gasteiger partial charge in [0, 0.05) is 49.3 Å². The first-order valence-corrected chi connectivity index (χ1v) is 19.5. The molecule has 12 rings (SSSR count). The van der Waals surface area contributed by atoms with E-state index in [-0.39, 0.29) is 5.41 Å². The van der Waals surface area contributed by atoms with Gasteiger partial charge in [0.15, 0.2) is 0 Å². The van der Waals surface area contributed by atoms with Gasteiger partial charge in [0.1, 0.15) is 5.01 Å². The molecular weight excluding hydrogens is 675 g/mol. The number of rotatable bonds is 4. The molecule has 0 N–H and O–H groups in total. The second kappa shape index (κ2) is 10.8. The third-order valence-corrected chi connectivity index (χ3v) is 13.1. The van der Waals surface area contributed by atoms with Crippen LogP contribution in [0.5, 0.6) is 0 Å². The minimum Gasteiger partial charge on any atom is -0.310 e. The highest BCUT2D eigenvalue weighted by Crippen LogP contribution is 2.52. The molecule has 0 saturated heterocycles. The minimum absolute atomic E-state index is 0.112. The summed E-state index contributed by atoms with van der Waals surface area (Å²) in [5, 5.41) is 8.53. The summed E-state index contributed by atoms with van der Waals surface area (Å²) in [7, 11) is 0. The van der Waals surface area contributed by atoms with Crippen LogP contribution in [0.3, 0.4) is 0 Å². The van der Waals surface area contributed by atoms with Gasteiger partial charge in [-0.1, -0.05) is 129 Å². The number of hydrogen-bond donors (Lipinski definition) is 0. The normalized spacial score (nSPS) is 13.5. The largest absolute Gasteiger partial charge is 0.310 e. The van der Waals surface area contributed by atoms with Crippen molar-refractivity contribution in [3.63, 3.8) is 0 Å². The lowest BCUT2D eigenvalue weighted by Crippen LogP contribution is -2.16. The maximum Gasteiger partial charge on any atom is 0.124 e. The fraction of sp³-hybridized carbons (Fsp3) is 0.0600. The molecular formula is C50H33N3S. The van der Waals surface area contributed by atoms with Crippen molar-refractivity contribution in [3.05, 3.63) is 175 Å². The third-order valence-electron chi connectivity index (χ3n) is 11.9. The molecule has 1 aliphatic carbocycles. The molecule has 8 aromatic carbocycles. The second-order valence-electron chi connectivity index (χ2n) is 15.2. The van der Waals surface area contributed by atoms with Crippen molar-refractivity contribution in [2.45, 2.75) is 19.3 Å². The summed E-state index contributed by atoms with van der Waals surface area (Å²) < 4.78 is 3.72. The minimum atomic E-state index is -0.112. The van der Waals surface area contributed by atoms with E-state index in [4.69, 9.17) is 4.98 Å². The number of hydrogen-bond acceptors (Lipinski definition) is 3. The van der Waals surface area contributed by atoms with Crippen LogP contribution in [-0.4, -0.2) is 9.38 Å². The van der Waals surface area contributed by atoms with E-state index in [1.807, 2.05) is 0 Å². The summed E-state index contributed by atoms with van der Waals surface area (Å²) in [6.07, 6.45) is 0. The number of thiazole rings is 1. The molecule has 0 saturated carbocycles. The van der Waals surface area contributed by atoms with Crippen molar-refractivity contribution in [2.75, 3.05) is 4.90 Å². The van der Waals surface area contributed by atoms with Gasteiger partial charge >= 0.3 is 0 Å². The van der Waals surface area contributed by atoms with Crippen LogP contribution in [-0.2, 0) is 5.41 Å². The van der Waals surface area contributed by atoms with Crippen LogP contribution in [0, 0.1) is 0 Å². The quantitative estimate of drug-likeness (QED) is 0.182. The van der Waals surface area contributed by atoms with Crippen LogP contribution in [0.2, 0.25) is 0 Å². The Bertz CT molecular complexity index is 3310. The van der Waals surface area contributed by atoms with Crippen molar-refractivity contribution in [1.29, 1.82) is 0 Å². The molecule has 11 aromatic rings. The smallest absolute Gasteiger partial charge is 0.124 e. The Morgan fingerprint density at radius 1 is 0.556 bits per heavy atom. The fourth-order valence-electron chi connectivity index (χ4n) is 9.44.